The van der Waals surface area contributed by atoms with E-state index in [1.807, 2.05) is 13.8 Å². The number of rotatable bonds is 5. The molecule has 0 bridgehead atoms. The van der Waals surface area contributed by atoms with E-state index >= 15 is 0 Å². The molecule has 112 valence electrons. The van der Waals surface area contributed by atoms with Crippen molar-refractivity contribution in [1.82, 2.24) is 0 Å². The fraction of sp³-hybridized carbons (Fsp3) is 0.250. The second-order valence-electron chi connectivity index (χ2n) is 4.92. The maximum atomic E-state index is 13.1. The van der Waals surface area contributed by atoms with Gasteiger partial charge in [-0.15, -0.1) is 0 Å². The zero-order valence-electron chi connectivity index (χ0n) is 11.8. The van der Waals surface area contributed by atoms with Gasteiger partial charge in [-0.05, 0) is 55.8 Å². The van der Waals surface area contributed by atoms with Gasteiger partial charge in [0.15, 0.2) is 17.5 Å². The fourth-order valence-corrected chi connectivity index (χ4v) is 1.84. The first-order valence-electron chi connectivity index (χ1n) is 6.59. The number of anilines is 1. The van der Waals surface area contributed by atoms with Crippen molar-refractivity contribution in [3.63, 3.8) is 0 Å². The molecule has 0 aliphatic heterocycles. The quantitative estimate of drug-likeness (QED) is 0.820. The van der Waals surface area contributed by atoms with Gasteiger partial charge in [0.1, 0.15) is 5.75 Å². The highest BCUT2D eigenvalue weighted by Gasteiger charge is 2.10. The van der Waals surface area contributed by atoms with Crippen LogP contribution >= 0.6 is 0 Å². The number of hydrogen-bond donors (Lipinski definition) is 1. The third-order valence-electron chi connectivity index (χ3n) is 2.77. The number of ether oxygens (including phenoxy) is 1. The first-order chi connectivity index (χ1) is 9.95. The van der Waals surface area contributed by atoms with Crippen molar-refractivity contribution in [3.05, 3.63) is 59.4 Å². The number of benzene rings is 2. The van der Waals surface area contributed by atoms with E-state index in [-0.39, 0.29) is 12.6 Å². The number of hydrogen-bond acceptors (Lipinski definition) is 2. The van der Waals surface area contributed by atoms with Gasteiger partial charge in [0.05, 0.1) is 6.10 Å². The average molecular weight is 295 g/mol. The molecule has 0 aromatic heterocycles. The van der Waals surface area contributed by atoms with Crippen LogP contribution in [0.4, 0.5) is 18.9 Å². The van der Waals surface area contributed by atoms with Crippen LogP contribution < -0.4 is 10.1 Å². The summed E-state index contributed by atoms with van der Waals surface area (Å²) in [5.74, 6) is -3.08. The van der Waals surface area contributed by atoms with Gasteiger partial charge in [0.2, 0.25) is 0 Å². The Morgan fingerprint density at radius 1 is 1.00 bits per heavy atom. The maximum absolute atomic E-state index is 13.1. The molecule has 0 aliphatic rings. The first kappa shape index (κ1) is 15.2. The molecule has 2 aromatic carbocycles. The number of halogens is 3. The van der Waals surface area contributed by atoms with Gasteiger partial charge in [-0.3, -0.25) is 0 Å². The minimum absolute atomic E-state index is 0.0916. The van der Waals surface area contributed by atoms with Crippen LogP contribution in [-0.4, -0.2) is 6.10 Å². The van der Waals surface area contributed by atoms with Crippen LogP contribution in [0.1, 0.15) is 19.4 Å². The Balaban J connectivity index is 2.00. The lowest BCUT2D eigenvalue weighted by Gasteiger charge is -2.11. The summed E-state index contributed by atoms with van der Waals surface area (Å²) < 4.78 is 44.5. The summed E-state index contributed by atoms with van der Waals surface area (Å²) >= 11 is 0. The van der Waals surface area contributed by atoms with Crippen molar-refractivity contribution in [1.29, 1.82) is 0 Å². The largest absolute Gasteiger partial charge is 0.491 e. The third kappa shape index (κ3) is 4.15. The molecule has 5 heteroatoms. The maximum Gasteiger partial charge on any atom is 0.194 e. The van der Waals surface area contributed by atoms with Gasteiger partial charge in [-0.1, -0.05) is 0 Å². The second kappa shape index (κ2) is 6.52. The normalized spacial score (nSPS) is 10.8. The predicted molar refractivity (Wildman–Crippen MR) is 75.8 cm³/mol. The molecule has 0 atom stereocenters. The lowest BCUT2D eigenvalue weighted by atomic mass is 10.2. The van der Waals surface area contributed by atoms with E-state index in [9.17, 15) is 13.2 Å². The number of nitrogens with one attached hydrogen (secondary N) is 1. The van der Waals surface area contributed by atoms with Crippen LogP contribution in [0.5, 0.6) is 5.75 Å². The molecular formula is C16H16F3NO. The zero-order chi connectivity index (χ0) is 15.4. The van der Waals surface area contributed by atoms with Gasteiger partial charge in [-0.2, -0.15) is 0 Å². The minimum Gasteiger partial charge on any atom is -0.491 e. The predicted octanol–water partition coefficient (Wildman–Crippen LogP) is 4.50. The molecule has 0 unspecified atom stereocenters. The fourth-order valence-electron chi connectivity index (χ4n) is 1.84. The molecular weight excluding hydrogens is 279 g/mol. The van der Waals surface area contributed by atoms with E-state index in [1.54, 1.807) is 24.3 Å². The third-order valence-corrected chi connectivity index (χ3v) is 2.77. The Hall–Kier alpha value is -2.17. The van der Waals surface area contributed by atoms with Crippen molar-refractivity contribution >= 4 is 5.69 Å². The topological polar surface area (TPSA) is 21.3 Å². The lowest BCUT2D eigenvalue weighted by molar-refractivity contribution is 0.242. The highest BCUT2D eigenvalue weighted by atomic mass is 19.2. The standard InChI is InChI=1S/C16H16F3NO/c1-10(2)21-13-5-3-12(4-6-13)20-9-11-7-14(17)16(19)15(18)8-11/h3-8,10,20H,9H2,1-2H3. The summed E-state index contributed by atoms with van der Waals surface area (Å²) in [5.41, 5.74) is 1.10. The minimum atomic E-state index is -1.45. The van der Waals surface area contributed by atoms with E-state index in [0.29, 0.717) is 5.56 Å². The average Bonchev–Trinajstić information content (AvgIpc) is 2.43. The van der Waals surface area contributed by atoms with Gasteiger partial charge >= 0.3 is 0 Å². The molecule has 0 fully saturated rings. The van der Waals surface area contributed by atoms with Crippen LogP contribution in [0.2, 0.25) is 0 Å². The Morgan fingerprint density at radius 3 is 2.10 bits per heavy atom. The Bertz CT molecular complexity index is 588. The van der Waals surface area contributed by atoms with E-state index in [1.165, 1.54) is 0 Å². The molecule has 2 rings (SSSR count). The smallest absolute Gasteiger partial charge is 0.194 e. The van der Waals surface area contributed by atoms with E-state index in [4.69, 9.17) is 4.74 Å². The van der Waals surface area contributed by atoms with Gasteiger partial charge in [0, 0.05) is 12.2 Å². The van der Waals surface area contributed by atoms with Crippen LogP contribution in [-0.2, 0) is 6.54 Å². The lowest BCUT2D eigenvalue weighted by Crippen LogP contribution is -2.05. The molecule has 2 nitrogen and oxygen atoms in total. The summed E-state index contributed by atoms with van der Waals surface area (Å²) in [4.78, 5) is 0. The SMILES string of the molecule is CC(C)Oc1ccc(NCc2cc(F)c(F)c(F)c2)cc1. The summed E-state index contributed by atoms with van der Waals surface area (Å²) in [5, 5.41) is 3.00. The Kier molecular flexibility index (Phi) is 4.73. The molecule has 0 radical (unpaired) electrons. The van der Waals surface area contributed by atoms with Crippen molar-refractivity contribution in [2.45, 2.75) is 26.5 Å². The zero-order valence-corrected chi connectivity index (χ0v) is 11.8. The Labute approximate surface area is 121 Å². The van der Waals surface area contributed by atoms with Gasteiger partial charge in [-0.25, -0.2) is 13.2 Å². The van der Waals surface area contributed by atoms with Crippen molar-refractivity contribution in [2.24, 2.45) is 0 Å². The van der Waals surface area contributed by atoms with Gasteiger partial charge < -0.3 is 10.1 Å². The monoisotopic (exact) mass is 295 g/mol. The van der Waals surface area contributed by atoms with Crippen molar-refractivity contribution in [3.8, 4) is 5.75 Å². The summed E-state index contributed by atoms with van der Waals surface area (Å²) in [6.07, 6.45) is 0.0916. The van der Waals surface area contributed by atoms with Crippen LogP contribution in [0.15, 0.2) is 36.4 Å². The molecule has 1 N–H and O–H groups in total. The first-order valence-corrected chi connectivity index (χ1v) is 6.59. The highest BCUT2D eigenvalue weighted by Crippen LogP contribution is 2.19. The molecule has 2 aromatic rings. The molecule has 0 spiro atoms. The summed E-state index contributed by atoms with van der Waals surface area (Å²) in [7, 11) is 0. The van der Waals surface area contributed by atoms with Crippen molar-refractivity contribution < 1.29 is 17.9 Å². The molecule has 21 heavy (non-hydrogen) atoms. The second-order valence-corrected chi connectivity index (χ2v) is 4.92. The summed E-state index contributed by atoms with van der Waals surface area (Å²) in [6, 6.07) is 9.15. The van der Waals surface area contributed by atoms with Gasteiger partial charge in [0.25, 0.3) is 0 Å². The highest BCUT2D eigenvalue weighted by molar-refractivity contribution is 5.46. The van der Waals surface area contributed by atoms with Crippen LogP contribution in [0, 0.1) is 17.5 Å². The molecule has 0 saturated heterocycles. The summed E-state index contributed by atoms with van der Waals surface area (Å²) in [6.45, 7) is 4.06. The Morgan fingerprint density at radius 2 is 1.57 bits per heavy atom. The molecule has 0 saturated carbocycles. The molecule has 0 amide bonds. The van der Waals surface area contributed by atoms with E-state index < -0.39 is 17.5 Å². The van der Waals surface area contributed by atoms with E-state index in [0.717, 1.165) is 23.6 Å². The van der Waals surface area contributed by atoms with E-state index in [2.05, 4.69) is 5.32 Å². The van der Waals surface area contributed by atoms with Crippen molar-refractivity contribution in [2.75, 3.05) is 5.32 Å². The van der Waals surface area contributed by atoms with Crippen LogP contribution in [0.25, 0.3) is 0 Å². The molecule has 0 heterocycles. The van der Waals surface area contributed by atoms with Crippen LogP contribution in [0.3, 0.4) is 0 Å². The molecule has 0 aliphatic carbocycles.